The molecule has 0 aliphatic carbocycles. The third kappa shape index (κ3) is 3.52. The fourth-order valence-corrected chi connectivity index (χ4v) is 3.63. The molecule has 8 nitrogen and oxygen atoms in total. The molecule has 1 heterocycles. The number of imidazole rings is 1. The number of benzene rings is 2. The number of anilines is 1. The number of nitro groups is 1. The van der Waals surface area contributed by atoms with Crippen molar-refractivity contribution in [1.82, 2.24) is 9.55 Å². The van der Waals surface area contributed by atoms with Crippen LogP contribution in [0, 0.1) is 10.1 Å². The van der Waals surface area contributed by atoms with Crippen molar-refractivity contribution in [1.29, 1.82) is 0 Å². The zero-order valence-electron chi connectivity index (χ0n) is 14.1. The van der Waals surface area contributed by atoms with Gasteiger partial charge in [-0.1, -0.05) is 25.5 Å². The van der Waals surface area contributed by atoms with Crippen LogP contribution in [0.3, 0.4) is 0 Å². The molecular weight excluding hydrogens is 356 g/mol. The van der Waals surface area contributed by atoms with Gasteiger partial charge < -0.3 is 4.57 Å². The molecule has 0 atom stereocenters. The summed E-state index contributed by atoms with van der Waals surface area (Å²) in [5, 5.41) is 10.7. The summed E-state index contributed by atoms with van der Waals surface area (Å²) >= 11 is 0. The number of hydrogen-bond donors (Lipinski definition) is 1. The molecule has 1 aromatic heterocycles. The highest BCUT2D eigenvalue weighted by atomic mass is 32.2. The predicted molar refractivity (Wildman–Crippen MR) is 98.5 cm³/mol. The quantitative estimate of drug-likeness (QED) is 0.503. The molecule has 26 heavy (non-hydrogen) atoms. The topological polar surface area (TPSA) is 107 Å². The second kappa shape index (κ2) is 7.12. The molecule has 0 bridgehead atoms. The van der Waals surface area contributed by atoms with E-state index in [0.29, 0.717) is 12.1 Å². The first kappa shape index (κ1) is 17.9. The smallest absolute Gasteiger partial charge is 0.269 e. The first-order valence-electron chi connectivity index (χ1n) is 8.15. The van der Waals surface area contributed by atoms with Gasteiger partial charge in [0, 0.05) is 18.7 Å². The van der Waals surface area contributed by atoms with Crippen LogP contribution in [0.25, 0.3) is 11.0 Å². The minimum atomic E-state index is -3.91. The molecule has 9 heteroatoms. The number of nitrogens with one attached hydrogen (secondary N) is 1. The lowest BCUT2D eigenvalue weighted by atomic mass is 10.3. The Morgan fingerprint density at radius 3 is 2.50 bits per heavy atom. The van der Waals surface area contributed by atoms with Crippen LogP contribution in [0.15, 0.2) is 53.4 Å². The highest BCUT2D eigenvalue weighted by Crippen LogP contribution is 2.23. The Hall–Kier alpha value is -2.94. The van der Waals surface area contributed by atoms with Crippen molar-refractivity contribution in [3.63, 3.8) is 0 Å². The van der Waals surface area contributed by atoms with E-state index in [-0.39, 0.29) is 16.5 Å². The number of fused-ring (bicyclic) bond motifs is 1. The molecule has 0 aliphatic rings. The Balaban J connectivity index is 1.97. The van der Waals surface area contributed by atoms with Crippen LogP contribution in [-0.4, -0.2) is 22.9 Å². The first-order chi connectivity index (χ1) is 12.4. The molecule has 0 saturated carbocycles. The maximum Gasteiger partial charge on any atom is 0.269 e. The van der Waals surface area contributed by atoms with Gasteiger partial charge in [0.2, 0.25) is 5.95 Å². The Kier molecular flexibility index (Phi) is 4.90. The highest BCUT2D eigenvalue weighted by molar-refractivity contribution is 7.92. The largest absolute Gasteiger partial charge is 0.309 e. The van der Waals surface area contributed by atoms with Gasteiger partial charge >= 0.3 is 0 Å². The van der Waals surface area contributed by atoms with Crippen LogP contribution < -0.4 is 4.72 Å². The Labute approximate surface area is 150 Å². The van der Waals surface area contributed by atoms with E-state index in [9.17, 15) is 18.5 Å². The SMILES string of the molecule is CCCCn1c(NS(=O)(=O)c2ccc([N+](=O)[O-])cc2)nc2ccccc21. The standard InChI is InChI=1S/C17H18N4O4S/c1-2-3-12-20-16-7-5-4-6-15(16)18-17(20)19-26(24,25)14-10-8-13(9-11-14)21(22)23/h4-11H,2-3,12H2,1H3,(H,18,19). The molecule has 0 unspecified atom stereocenters. The molecule has 3 aromatic rings. The second-order valence-electron chi connectivity index (χ2n) is 5.79. The van der Waals surface area contributed by atoms with Crippen molar-refractivity contribution in [2.75, 3.05) is 4.72 Å². The van der Waals surface area contributed by atoms with Gasteiger partial charge in [0.05, 0.1) is 20.9 Å². The third-order valence-corrected chi connectivity index (χ3v) is 5.32. The molecule has 0 aliphatic heterocycles. The Morgan fingerprint density at radius 1 is 1.15 bits per heavy atom. The van der Waals surface area contributed by atoms with Crippen LogP contribution in [0.5, 0.6) is 0 Å². The van der Waals surface area contributed by atoms with Crippen LogP contribution >= 0.6 is 0 Å². The number of sulfonamides is 1. The molecule has 3 rings (SSSR count). The fourth-order valence-electron chi connectivity index (χ4n) is 2.62. The summed E-state index contributed by atoms with van der Waals surface area (Å²) in [5.41, 5.74) is 1.38. The van der Waals surface area contributed by atoms with Crippen LogP contribution in [0.4, 0.5) is 11.6 Å². The van der Waals surface area contributed by atoms with Gasteiger partial charge in [-0.2, -0.15) is 0 Å². The average molecular weight is 374 g/mol. The summed E-state index contributed by atoms with van der Waals surface area (Å²) in [7, 11) is -3.91. The summed E-state index contributed by atoms with van der Waals surface area (Å²) in [6.07, 6.45) is 1.84. The molecule has 0 amide bonds. The van der Waals surface area contributed by atoms with Gasteiger partial charge in [-0.3, -0.25) is 10.1 Å². The van der Waals surface area contributed by atoms with E-state index < -0.39 is 14.9 Å². The molecule has 136 valence electrons. The number of unbranched alkanes of at least 4 members (excludes halogenated alkanes) is 1. The summed E-state index contributed by atoms with van der Waals surface area (Å²) in [5.74, 6) is 0.234. The maximum atomic E-state index is 12.7. The Morgan fingerprint density at radius 2 is 1.85 bits per heavy atom. The monoisotopic (exact) mass is 374 g/mol. The maximum absolute atomic E-state index is 12.7. The summed E-state index contributed by atoms with van der Waals surface area (Å²) in [4.78, 5) is 14.5. The van der Waals surface area contributed by atoms with Crippen molar-refractivity contribution in [2.24, 2.45) is 0 Å². The van der Waals surface area contributed by atoms with Crippen molar-refractivity contribution < 1.29 is 13.3 Å². The predicted octanol–water partition coefficient (Wildman–Crippen LogP) is 3.55. The normalized spacial score (nSPS) is 11.6. The first-order valence-corrected chi connectivity index (χ1v) is 9.63. The molecule has 0 saturated heterocycles. The van der Waals surface area contributed by atoms with Crippen LogP contribution in [0.1, 0.15) is 19.8 Å². The third-order valence-electron chi connectivity index (χ3n) is 3.97. The number of aryl methyl sites for hydroxylation is 1. The summed E-state index contributed by atoms with van der Waals surface area (Å²) < 4.78 is 29.6. The van der Waals surface area contributed by atoms with Crippen molar-refractivity contribution in [3.05, 3.63) is 58.6 Å². The van der Waals surface area contributed by atoms with Crippen molar-refractivity contribution >= 4 is 32.7 Å². The van der Waals surface area contributed by atoms with Gasteiger partial charge in [0.25, 0.3) is 15.7 Å². The zero-order valence-corrected chi connectivity index (χ0v) is 14.9. The number of non-ortho nitro benzene ring substituents is 1. The van der Waals surface area contributed by atoms with Gasteiger partial charge in [-0.15, -0.1) is 0 Å². The van der Waals surface area contributed by atoms with Gasteiger partial charge in [-0.25, -0.2) is 18.1 Å². The number of hydrogen-bond acceptors (Lipinski definition) is 5. The highest BCUT2D eigenvalue weighted by Gasteiger charge is 2.20. The number of nitrogens with zero attached hydrogens (tertiary/aromatic N) is 3. The van der Waals surface area contributed by atoms with Crippen molar-refractivity contribution in [3.8, 4) is 0 Å². The number of rotatable bonds is 7. The van der Waals surface area contributed by atoms with E-state index in [0.717, 1.165) is 30.5 Å². The molecule has 1 N–H and O–H groups in total. The minimum absolute atomic E-state index is 0.0582. The molecule has 0 spiro atoms. The average Bonchev–Trinajstić information content (AvgIpc) is 2.96. The second-order valence-corrected chi connectivity index (χ2v) is 7.47. The van der Waals surface area contributed by atoms with Crippen LogP contribution in [-0.2, 0) is 16.6 Å². The molecule has 0 fully saturated rings. The summed E-state index contributed by atoms with van der Waals surface area (Å²) in [6, 6.07) is 12.2. The fraction of sp³-hybridized carbons (Fsp3) is 0.235. The lowest BCUT2D eigenvalue weighted by molar-refractivity contribution is -0.384. The Bertz CT molecular complexity index is 1040. The van der Waals surface area contributed by atoms with Gasteiger partial charge in [0.1, 0.15) is 0 Å². The lowest BCUT2D eigenvalue weighted by Crippen LogP contribution is -2.17. The van der Waals surface area contributed by atoms with Gasteiger partial charge in [0.15, 0.2) is 0 Å². The minimum Gasteiger partial charge on any atom is -0.309 e. The van der Waals surface area contributed by atoms with E-state index in [1.165, 1.54) is 12.1 Å². The zero-order chi connectivity index (χ0) is 18.7. The van der Waals surface area contributed by atoms with E-state index >= 15 is 0 Å². The number of aromatic nitrogens is 2. The van der Waals surface area contributed by atoms with E-state index in [4.69, 9.17) is 0 Å². The molecular formula is C17H18N4O4S. The number of para-hydroxylation sites is 2. The molecule has 2 aromatic carbocycles. The lowest BCUT2D eigenvalue weighted by Gasteiger charge is -2.11. The van der Waals surface area contributed by atoms with E-state index in [2.05, 4.69) is 16.6 Å². The van der Waals surface area contributed by atoms with E-state index in [1.54, 1.807) is 0 Å². The summed E-state index contributed by atoms with van der Waals surface area (Å²) in [6.45, 7) is 2.69. The van der Waals surface area contributed by atoms with Crippen molar-refractivity contribution in [2.45, 2.75) is 31.2 Å². The van der Waals surface area contributed by atoms with Gasteiger partial charge in [-0.05, 0) is 30.7 Å². The van der Waals surface area contributed by atoms with Crippen LogP contribution in [0.2, 0.25) is 0 Å². The number of nitro benzene ring substituents is 1. The molecule has 0 radical (unpaired) electrons. The van der Waals surface area contributed by atoms with E-state index in [1.807, 2.05) is 28.8 Å².